The van der Waals surface area contributed by atoms with Crippen molar-refractivity contribution in [3.63, 3.8) is 0 Å². The highest BCUT2D eigenvalue weighted by Gasteiger charge is 2.49. The average molecular weight is 524 g/mol. The number of hydrogen-bond acceptors (Lipinski definition) is 5. The first kappa shape index (κ1) is 27.3. The van der Waals surface area contributed by atoms with Gasteiger partial charge in [-0.3, -0.25) is 4.79 Å². The summed E-state index contributed by atoms with van der Waals surface area (Å²) < 4.78 is 25.0. The minimum absolute atomic E-state index is 0.110. The Bertz CT molecular complexity index is 1080. The molecule has 0 unspecified atom stereocenters. The molecule has 0 bridgehead atoms. The molecular formula is C30H34ClNO5. The van der Waals surface area contributed by atoms with E-state index >= 15 is 0 Å². The molecule has 0 aromatic heterocycles. The summed E-state index contributed by atoms with van der Waals surface area (Å²) in [7, 11) is 1.75. The second kappa shape index (κ2) is 13.7. The first-order valence-electron chi connectivity index (χ1n) is 12.5. The summed E-state index contributed by atoms with van der Waals surface area (Å²) >= 11 is 6.77. The molecule has 0 radical (unpaired) electrons. The third-order valence-electron chi connectivity index (χ3n) is 6.51. The molecule has 0 saturated carbocycles. The van der Waals surface area contributed by atoms with Crippen molar-refractivity contribution in [3.8, 4) is 0 Å². The summed E-state index contributed by atoms with van der Waals surface area (Å²) in [5, 5.41) is 0. The van der Waals surface area contributed by atoms with E-state index in [9.17, 15) is 4.79 Å². The predicted octanol–water partition coefficient (Wildman–Crippen LogP) is 5.18. The van der Waals surface area contributed by atoms with Crippen LogP contribution in [0.3, 0.4) is 0 Å². The maximum atomic E-state index is 12.6. The highest BCUT2D eigenvalue weighted by Crippen LogP contribution is 2.32. The maximum absolute atomic E-state index is 12.6. The minimum Gasteiger partial charge on any atom is -0.374 e. The van der Waals surface area contributed by atoms with Crippen molar-refractivity contribution in [3.05, 3.63) is 108 Å². The van der Waals surface area contributed by atoms with E-state index in [0.29, 0.717) is 19.8 Å². The monoisotopic (exact) mass is 523 g/mol. The van der Waals surface area contributed by atoms with Crippen LogP contribution in [0.25, 0.3) is 0 Å². The number of carbonyl (C=O) groups excluding carboxylic acids is 1. The molecule has 1 saturated heterocycles. The van der Waals surface area contributed by atoms with E-state index in [2.05, 4.69) is 0 Å². The molecule has 3 aromatic carbocycles. The summed E-state index contributed by atoms with van der Waals surface area (Å²) in [6, 6.07) is 29.2. The zero-order valence-corrected chi connectivity index (χ0v) is 22.0. The molecule has 1 amide bonds. The molecule has 3 aromatic rings. The Morgan fingerprint density at radius 2 is 1.24 bits per heavy atom. The number of carbonyl (C=O) groups is 1. The number of nitrogens with zero attached hydrogens (tertiary/aromatic N) is 1. The van der Waals surface area contributed by atoms with Crippen LogP contribution >= 0.6 is 11.6 Å². The van der Waals surface area contributed by atoms with Gasteiger partial charge in [0.15, 0.2) is 5.56 Å². The van der Waals surface area contributed by atoms with E-state index in [1.807, 2.05) is 91.0 Å². The molecule has 196 valence electrons. The fraction of sp³-hybridized carbons (Fsp3) is 0.367. The SMILES string of the molecule is CC(=O)N(C)[C@@H]1[C@@H](OCc2ccccc2)[C@@H](Cl)O[C@H](COCc2ccccc2)[C@H]1OCc1ccccc1. The van der Waals surface area contributed by atoms with Gasteiger partial charge in [0.2, 0.25) is 5.91 Å². The third-order valence-corrected chi connectivity index (χ3v) is 6.86. The molecule has 1 aliphatic rings. The van der Waals surface area contributed by atoms with Gasteiger partial charge in [0, 0.05) is 14.0 Å². The molecule has 5 atom stereocenters. The minimum atomic E-state index is -0.794. The second-order valence-corrected chi connectivity index (χ2v) is 9.60. The van der Waals surface area contributed by atoms with Gasteiger partial charge >= 0.3 is 0 Å². The number of hydrogen-bond donors (Lipinski definition) is 0. The summed E-state index contributed by atoms with van der Waals surface area (Å²) in [6.07, 6.45) is -1.64. The van der Waals surface area contributed by atoms with Gasteiger partial charge in [0.1, 0.15) is 18.3 Å². The number of benzene rings is 3. The molecule has 4 rings (SSSR count). The second-order valence-electron chi connectivity index (χ2n) is 9.17. The van der Waals surface area contributed by atoms with Crippen molar-refractivity contribution in [2.75, 3.05) is 13.7 Å². The van der Waals surface area contributed by atoms with E-state index in [1.54, 1.807) is 11.9 Å². The highest BCUT2D eigenvalue weighted by atomic mass is 35.5. The average Bonchev–Trinajstić information content (AvgIpc) is 2.93. The zero-order valence-electron chi connectivity index (χ0n) is 21.2. The van der Waals surface area contributed by atoms with E-state index in [1.165, 1.54) is 6.92 Å². The van der Waals surface area contributed by atoms with Crippen molar-refractivity contribution in [2.45, 2.75) is 56.7 Å². The summed E-state index contributed by atoms with van der Waals surface area (Å²) in [5.41, 5.74) is 2.29. The lowest BCUT2D eigenvalue weighted by Gasteiger charge is -2.47. The predicted molar refractivity (Wildman–Crippen MR) is 143 cm³/mol. The Morgan fingerprint density at radius 3 is 1.73 bits per heavy atom. The molecule has 0 N–H and O–H groups in total. The highest BCUT2D eigenvalue weighted by molar-refractivity contribution is 6.20. The molecule has 6 nitrogen and oxygen atoms in total. The van der Waals surface area contributed by atoms with Crippen LogP contribution in [0.2, 0.25) is 0 Å². The van der Waals surface area contributed by atoms with Crippen LogP contribution in [-0.4, -0.2) is 54.4 Å². The summed E-state index contributed by atoms with van der Waals surface area (Å²) in [6.45, 7) is 2.90. The van der Waals surface area contributed by atoms with Crippen molar-refractivity contribution in [1.29, 1.82) is 0 Å². The van der Waals surface area contributed by atoms with Crippen LogP contribution in [0.1, 0.15) is 23.6 Å². The Kier molecular flexibility index (Phi) is 10.1. The number of halogens is 1. The van der Waals surface area contributed by atoms with Gasteiger partial charge in [0.05, 0.1) is 32.5 Å². The van der Waals surface area contributed by atoms with Crippen molar-refractivity contribution in [2.24, 2.45) is 0 Å². The van der Waals surface area contributed by atoms with Gasteiger partial charge in [-0.1, -0.05) is 103 Å². The van der Waals surface area contributed by atoms with Gasteiger partial charge in [-0.15, -0.1) is 0 Å². The topological polar surface area (TPSA) is 57.2 Å². The van der Waals surface area contributed by atoms with Crippen molar-refractivity contribution in [1.82, 2.24) is 4.90 Å². The van der Waals surface area contributed by atoms with E-state index < -0.39 is 29.9 Å². The third kappa shape index (κ3) is 7.63. The normalized spacial score (nSPS) is 23.5. The maximum Gasteiger partial charge on any atom is 0.219 e. The number of rotatable bonds is 11. The Labute approximate surface area is 224 Å². The molecule has 1 heterocycles. The van der Waals surface area contributed by atoms with Crippen LogP contribution in [0, 0.1) is 0 Å². The fourth-order valence-corrected chi connectivity index (χ4v) is 4.80. The van der Waals surface area contributed by atoms with Crippen LogP contribution in [0.15, 0.2) is 91.0 Å². The Hall–Kier alpha value is -2.74. The first-order valence-corrected chi connectivity index (χ1v) is 12.9. The van der Waals surface area contributed by atoms with Crippen LogP contribution < -0.4 is 0 Å². The van der Waals surface area contributed by atoms with E-state index in [-0.39, 0.29) is 12.5 Å². The molecule has 7 heteroatoms. The largest absolute Gasteiger partial charge is 0.374 e. The fourth-order valence-electron chi connectivity index (χ4n) is 4.45. The van der Waals surface area contributed by atoms with E-state index in [0.717, 1.165) is 16.7 Å². The van der Waals surface area contributed by atoms with Crippen LogP contribution in [0.4, 0.5) is 0 Å². The van der Waals surface area contributed by atoms with Crippen molar-refractivity contribution < 1.29 is 23.7 Å². The van der Waals surface area contributed by atoms with Gasteiger partial charge in [-0.2, -0.15) is 0 Å². The van der Waals surface area contributed by atoms with Crippen molar-refractivity contribution >= 4 is 17.5 Å². The lowest BCUT2D eigenvalue weighted by atomic mass is 9.95. The Balaban J connectivity index is 1.55. The van der Waals surface area contributed by atoms with E-state index in [4.69, 9.17) is 30.5 Å². The molecule has 0 spiro atoms. The van der Waals surface area contributed by atoms with Gasteiger partial charge in [0.25, 0.3) is 0 Å². The molecule has 0 aliphatic carbocycles. The smallest absolute Gasteiger partial charge is 0.219 e. The zero-order chi connectivity index (χ0) is 26.0. The van der Waals surface area contributed by atoms with Crippen LogP contribution in [0.5, 0.6) is 0 Å². The summed E-state index contributed by atoms with van der Waals surface area (Å²) in [5.74, 6) is -0.110. The molecular weight excluding hydrogens is 490 g/mol. The summed E-state index contributed by atoms with van der Waals surface area (Å²) in [4.78, 5) is 14.2. The number of likely N-dealkylation sites (N-methyl/N-ethyl adjacent to an activating group) is 1. The Morgan fingerprint density at radius 1 is 0.784 bits per heavy atom. The number of alkyl halides is 1. The molecule has 1 fully saturated rings. The number of amides is 1. The lowest BCUT2D eigenvalue weighted by molar-refractivity contribution is -0.225. The van der Waals surface area contributed by atoms with Gasteiger partial charge in [-0.05, 0) is 16.7 Å². The van der Waals surface area contributed by atoms with Gasteiger partial charge in [-0.25, -0.2) is 0 Å². The van der Waals surface area contributed by atoms with Gasteiger partial charge < -0.3 is 23.8 Å². The number of ether oxygens (including phenoxy) is 4. The first-order chi connectivity index (χ1) is 18.0. The molecule has 1 aliphatic heterocycles. The quantitative estimate of drug-likeness (QED) is 0.324. The standard InChI is InChI=1S/C30H34ClNO5/c1-22(33)32(2)27-28(35-19-24-14-8-4-9-15-24)26(21-34-18-23-12-6-3-7-13-23)37-30(31)29(27)36-20-25-16-10-5-11-17-25/h3-17,26-30H,18-21H2,1-2H3/t26-,27+,28-,29-,30+/m1/s1. The molecule has 37 heavy (non-hydrogen) atoms. The van der Waals surface area contributed by atoms with Crippen LogP contribution in [-0.2, 0) is 43.6 Å². The lowest BCUT2D eigenvalue weighted by Crippen LogP contribution is -2.64.